The molecule has 1 N–H and O–H groups in total. The van der Waals surface area contributed by atoms with Crippen LogP contribution in [0.2, 0.25) is 0 Å². The summed E-state index contributed by atoms with van der Waals surface area (Å²) in [6, 6.07) is -0.619. The zero-order valence-electron chi connectivity index (χ0n) is 42.0. The van der Waals surface area contributed by atoms with Gasteiger partial charge >= 0.3 is 17.9 Å². The summed E-state index contributed by atoms with van der Waals surface area (Å²) in [4.78, 5) is 37.1. The fourth-order valence-corrected chi connectivity index (χ4v) is 7.90. The minimum Gasteiger partial charge on any atom is -0.477 e. The van der Waals surface area contributed by atoms with Gasteiger partial charge in [-0.3, -0.25) is 9.59 Å². The van der Waals surface area contributed by atoms with E-state index in [1.807, 2.05) is 21.1 Å². The number of carbonyl (C=O) groups is 3. The van der Waals surface area contributed by atoms with Gasteiger partial charge in [-0.15, -0.1) is 0 Å². The van der Waals surface area contributed by atoms with Gasteiger partial charge in [-0.2, -0.15) is 0 Å². The average Bonchev–Trinajstić information content (AvgIpc) is 3.24. The number of hydrogen-bond donors (Lipinski definition) is 1. The summed E-state index contributed by atoms with van der Waals surface area (Å²) < 4.78 is 17.3. The Bertz CT molecular complexity index is 1130. The number of rotatable bonds is 48. The quantitative estimate of drug-likeness (QED) is 0.0214. The first kappa shape index (κ1) is 60.5. The van der Waals surface area contributed by atoms with Gasteiger partial charge in [0.2, 0.25) is 0 Å². The predicted octanol–water partition coefficient (Wildman–Crippen LogP) is 15.4. The van der Waals surface area contributed by atoms with Crippen molar-refractivity contribution in [2.24, 2.45) is 0 Å². The highest BCUT2D eigenvalue weighted by Gasteiger charge is 2.31. The van der Waals surface area contributed by atoms with Crippen molar-refractivity contribution in [3.8, 4) is 0 Å². The Labute approximate surface area is 389 Å². The molecule has 0 aromatic heterocycles. The average molecular weight is 889 g/mol. The third kappa shape index (κ3) is 44.5. The molecule has 0 fully saturated rings. The third-order valence-electron chi connectivity index (χ3n) is 12.0. The topological polar surface area (TPSA) is 99.1 Å². The van der Waals surface area contributed by atoms with E-state index in [1.165, 1.54) is 161 Å². The number of aliphatic carboxylic acids is 1. The van der Waals surface area contributed by atoms with Gasteiger partial charge in [0.15, 0.2) is 12.1 Å². The highest BCUT2D eigenvalue weighted by Crippen LogP contribution is 2.15. The molecule has 0 amide bonds. The minimum atomic E-state index is -0.877. The van der Waals surface area contributed by atoms with Crippen molar-refractivity contribution >= 4 is 17.9 Å². The monoisotopic (exact) mass is 889 g/mol. The van der Waals surface area contributed by atoms with Crippen molar-refractivity contribution in [3.05, 3.63) is 36.5 Å². The van der Waals surface area contributed by atoms with Crippen LogP contribution in [0.1, 0.15) is 245 Å². The highest BCUT2D eigenvalue weighted by atomic mass is 16.6. The van der Waals surface area contributed by atoms with Crippen LogP contribution in [0.4, 0.5) is 0 Å². The number of carbonyl (C=O) groups excluding carboxylic acids is 2. The molecule has 0 aromatic carbocycles. The van der Waals surface area contributed by atoms with Crippen molar-refractivity contribution in [2.75, 3.05) is 41.0 Å². The second kappa shape index (κ2) is 46.1. The van der Waals surface area contributed by atoms with Crippen molar-refractivity contribution in [1.82, 2.24) is 0 Å². The lowest BCUT2D eigenvalue weighted by molar-refractivity contribution is -0.887. The summed E-state index contributed by atoms with van der Waals surface area (Å²) in [5, 5.41) is 9.65. The van der Waals surface area contributed by atoms with Crippen LogP contribution in [0.3, 0.4) is 0 Å². The van der Waals surface area contributed by atoms with E-state index in [0.717, 1.165) is 51.4 Å². The largest absolute Gasteiger partial charge is 0.477 e. The molecule has 8 nitrogen and oxygen atoms in total. The van der Waals surface area contributed by atoms with E-state index in [1.54, 1.807) is 0 Å². The predicted molar refractivity (Wildman–Crippen MR) is 266 cm³/mol. The molecule has 63 heavy (non-hydrogen) atoms. The summed E-state index contributed by atoms with van der Waals surface area (Å²) >= 11 is 0. The maximum Gasteiger partial charge on any atom is 0.362 e. The summed E-state index contributed by atoms with van der Waals surface area (Å²) in [5.41, 5.74) is 0. The molecule has 0 rings (SSSR count). The molecule has 0 aliphatic rings. The van der Waals surface area contributed by atoms with Crippen molar-refractivity contribution < 1.29 is 38.2 Å². The fourth-order valence-electron chi connectivity index (χ4n) is 7.90. The number of ether oxygens (including phenoxy) is 3. The summed E-state index contributed by atoms with van der Waals surface area (Å²) in [6.07, 6.45) is 54.9. The van der Waals surface area contributed by atoms with E-state index in [4.69, 9.17) is 14.2 Å². The van der Waals surface area contributed by atoms with Crippen LogP contribution in [0.15, 0.2) is 36.5 Å². The number of carboxylic acids is 1. The number of esters is 2. The summed E-state index contributed by atoms with van der Waals surface area (Å²) in [6.45, 7) is 4.73. The Morgan fingerprint density at radius 3 is 1.25 bits per heavy atom. The Morgan fingerprint density at radius 2 is 0.841 bits per heavy atom. The van der Waals surface area contributed by atoms with Crippen molar-refractivity contribution in [3.63, 3.8) is 0 Å². The van der Waals surface area contributed by atoms with Gasteiger partial charge in [-0.1, -0.05) is 198 Å². The normalized spacial score (nSPS) is 13.1. The van der Waals surface area contributed by atoms with Crippen LogP contribution in [0, 0.1) is 0 Å². The Morgan fingerprint density at radius 1 is 0.476 bits per heavy atom. The number of carboxylic acid groups (broad SMARTS) is 1. The molecule has 368 valence electrons. The van der Waals surface area contributed by atoms with Crippen molar-refractivity contribution in [1.29, 1.82) is 0 Å². The van der Waals surface area contributed by atoms with Crippen LogP contribution < -0.4 is 0 Å². The fraction of sp³-hybridized carbons (Fsp3) is 0.836. The number of allylic oxidation sites excluding steroid dienone is 6. The lowest BCUT2D eigenvalue weighted by atomic mass is 10.0. The van der Waals surface area contributed by atoms with Crippen LogP contribution in [-0.2, 0) is 28.6 Å². The van der Waals surface area contributed by atoms with Crippen LogP contribution in [-0.4, -0.2) is 80.6 Å². The minimum absolute atomic E-state index is 0.0525. The molecular weight excluding hydrogens is 787 g/mol. The van der Waals surface area contributed by atoms with Gasteiger partial charge < -0.3 is 23.8 Å². The van der Waals surface area contributed by atoms with Gasteiger partial charge in [0.1, 0.15) is 6.61 Å². The number of unbranched alkanes of at least 4 members (excludes halogenated alkanes) is 29. The molecule has 0 aliphatic carbocycles. The molecule has 0 bridgehead atoms. The smallest absolute Gasteiger partial charge is 0.362 e. The number of likely N-dealkylation sites (N-methyl/N-ethyl adjacent to an activating group) is 1. The molecule has 0 saturated carbocycles. The maximum atomic E-state index is 12.8. The van der Waals surface area contributed by atoms with E-state index in [0.29, 0.717) is 19.3 Å². The van der Waals surface area contributed by atoms with Gasteiger partial charge in [0.25, 0.3) is 0 Å². The van der Waals surface area contributed by atoms with E-state index in [9.17, 15) is 19.5 Å². The van der Waals surface area contributed by atoms with Gasteiger partial charge in [0, 0.05) is 19.3 Å². The standard InChI is InChI=1S/C55H101NO7/c1-6-8-10-12-14-16-18-20-22-24-25-26-27-28-29-30-32-34-36-38-40-42-44-46-54(58)63-51(49-61-48-47-52(55(59)60)56(3,4)5)50-62-53(57)45-43-41-39-37-35-33-31-23-21-19-17-15-13-11-9-7-2/h23,28-29,31,33,35,51-52H,6-22,24-27,30,32,34,36-50H2,1-5H3/p+1/b29-28+,31-23+,35-33+. The maximum absolute atomic E-state index is 12.8. The first-order valence-electron chi connectivity index (χ1n) is 26.5. The molecular formula is C55H102NO7+. The Kier molecular flexibility index (Phi) is 44.3. The highest BCUT2D eigenvalue weighted by molar-refractivity contribution is 5.72. The third-order valence-corrected chi connectivity index (χ3v) is 12.0. The first-order chi connectivity index (χ1) is 30.6. The SMILES string of the molecule is CCCCCCCCC/C=C/C=C/CCCCCC(=O)OCC(COCCC(C(=O)O)[N+](C)(C)C)OC(=O)CCCCCCCCC/C=C/CCCCCCCCCCCCCC. The van der Waals surface area contributed by atoms with Crippen molar-refractivity contribution in [2.45, 2.75) is 257 Å². The first-order valence-corrected chi connectivity index (χ1v) is 26.5. The van der Waals surface area contributed by atoms with Crippen LogP contribution in [0.25, 0.3) is 0 Å². The second-order valence-electron chi connectivity index (χ2n) is 19.2. The van der Waals surface area contributed by atoms with E-state index < -0.39 is 18.1 Å². The zero-order valence-corrected chi connectivity index (χ0v) is 42.0. The summed E-state index contributed by atoms with van der Waals surface area (Å²) in [5.74, 6) is -1.50. The molecule has 0 aliphatic heterocycles. The van der Waals surface area contributed by atoms with Crippen LogP contribution >= 0.6 is 0 Å². The Hall–Kier alpha value is -2.45. The molecule has 0 spiro atoms. The molecule has 2 unspecified atom stereocenters. The number of quaternary nitrogens is 1. The molecule has 2 atom stereocenters. The molecule has 0 saturated heterocycles. The zero-order chi connectivity index (χ0) is 46.3. The number of nitrogens with zero attached hydrogens (tertiary/aromatic N) is 1. The number of hydrogen-bond acceptors (Lipinski definition) is 6. The van der Waals surface area contributed by atoms with E-state index >= 15 is 0 Å². The molecule has 0 heterocycles. The van der Waals surface area contributed by atoms with Gasteiger partial charge in [0.05, 0.1) is 34.4 Å². The van der Waals surface area contributed by atoms with Gasteiger partial charge in [-0.05, 0) is 64.2 Å². The van der Waals surface area contributed by atoms with E-state index in [2.05, 4.69) is 50.3 Å². The van der Waals surface area contributed by atoms with E-state index in [-0.39, 0.29) is 36.2 Å². The lowest BCUT2D eigenvalue weighted by Crippen LogP contribution is -2.50. The van der Waals surface area contributed by atoms with Crippen LogP contribution in [0.5, 0.6) is 0 Å². The Balaban J connectivity index is 4.24. The molecule has 0 radical (unpaired) electrons. The molecule has 0 aromatic rings. The molecule has 8 heteroatoms. The lowest BCUT2D eigenvalue weighted by Gasteiger charge is -2.31. The van der Waals surface area contributed by atoms with Gasteiger partial charge in [-0.25, -0.2) is 4.79 Å². The summed E-state index contributed by atoms with van der Waals surface area (Å²) in [7, 11) is 5.53. The second-order valence-corrected chi connectivity index (χ2v) is 19.2.